The molecule has 0 aliphatic rings. The van der Waals surface area contributed by atoms with E-state index in [2.05, 4.69) is 15.4 Å². The molecule has 1 amide bonds. The Labute approximate surface area is 102 Å². The van der Waals surface area contributed by atoms with Gasteiger partial charge in [0, 0.05) is 11.4 Å². The highest BCUT2D eigenvalue weighted by Gasteiger charge is 2.12. The second-order valence-corrected chi connectivity index (χ2v) is 4.16. The number of aliphatic hydroxyl groups is 1. The summed E-state index contributed by atoms with van der Waals surface area (Å²) in [5.41, 5.74) is 2.77. The summed E-state index contributed by atoms with van der Waals surface area (Å²) in [4.78, 5) is 15.7. The van der Waals surface area contributed by atoms with E-state index in [4.69, 9.17) is 5.11 Å². The number of aromatic nitrogens is 3. The van der Waals surface area contributed by atoms with Gasteiger partial charge in [0.05, 0.1) is 24.4 Å². The van der Waals surface area contributed by atoms with Crippen LogP contribution in [-0.4, -0.2) is 32.4 Å². The first-order valence-corrected chi connectivity index (χ1v) is 6.00. The number of hydrogen-bond acceptors (Lipinski definition) is 5. The predicted molar refractivity (Wildman–Crippen MR) is 64.1 cm³/mol. The van der Waals surface area contributed by atoms with Gasteiger partial charge in [-0.2, -0.15) is 5.10 Å². The number of carbonyl (C=O) groups excluding carboxylic acids is 1. The number of nitrogens with zero attached hydrogens (tertiary/aromatic N) is 3. The summed E-state index contributed by atoms with van der Waals surface area (Å²) in [6, 6.07) is 1.75. The molecule has 0 saturated carbocycles. The Kier molecular flexibility index (Phi) is 3.50. The molecule has 0 atom stereocenters. The Bertz CT molecular complexity index is 506. The Morgan fingerprint density at radius 1 is 1.65 bits per heavy atom. The lowest BCUT2D eigenvalue weighted by Crippen LogP contribution is -2.16. The molecule has 90 valence electrons. The maximum absolute atomic E-state index is 11.8. The van der Waals surface area contributed by atoms with Gasteiger partial charge in [-0.25, -0.2) is 9.67 Å². The van der Waals surface area contributed by atoms with Gasteiger partial charge in [-0.1, -0.05) is 0 Å². The largest absolute Gasteiger partial charge is 0.394 e. The van der Waals surface area contributed by atoms with E-state index < -0.39 is 0 Å². The molecule has 2 aromatic heterocycles. The molecule has 0 saturated heterocycles. The van der Waals surface area contributed by atoms with Crippen molar-refractivity contribution in [1.82, 2.24) is 14.8 Å². The normalized spacial score (nSPS) is 10.5. The monoisotopic (exact) mass is 252 g/mol. The molecule has 0 unspecified atom stereocenters. The molecule has 0 aliphatic carbocycles. The van der Waals surface area contributed by atoms with E-state index in [1.165, 1.54) is 11.3 Å². The second kappa shape index (κ2) is 5.07. The highest BCUT2D eigenvalue weighted by Crippen LogP contribution is 2.12. The summed E-state index contributed by atoms with van der Waals surface area (Å²) < 4.78 is 1.56. The summed E-state index contributed by atoms with van der Waals surface area (Å²) in [6.45, 7) is 2.15. The van der Waals surface area contributed by atoms with Gasteiger partial charge in [0.25, 0.3) is 5.91 Å². The number of hydrogen-bond donors (Lipinski definition) is 2. The van der Waals surface area contributed by atoms with Crippen molar-refractivity contribution in [3.05, 3.63) is 28.3 Å². The van der Waals surface area contributed by atoms with Crippen LogP contribution in [-0.2, 0) is 6.54 Å². The van der Waals surface area contributed by atoms with Gasteiger partial charge in [0.2, 0.25) is 0 Å². The Morgan fingerprint density at radius 3 is 3.12 bits per heavy atom. The van der Waals surface area contributed by atoms with Crippen molar-refractivity contribution in [2.24, 2.45) is 0 Å². The smallest absolute Gasteiger partial charge is 0.276 e. The number of rotatable bonds is 4. The van der Waals surface area contributed by atoms with Gasteiger partial charge < -0.3 is 10.4 Å². The maximum Gasteiger partial charge on any atom is 0.276 e. The standard InChI is InChI=1S/C10H12N4O2S/c1-7-4-9(14(13-7)2-3-15)12-10(16)8-5-17-6-11-8/h4-6,15H,2-3H2,1H3,(H,12,16). The quantitative estimate of drug-likeness (QED) is 0.847. The van der Waals surface area contributed by atoms with Gasteiger partial charge in [-0.3, -0.25) is 4.79 Å². The minimum Gasteiger partial charge on any atom is -0.394 e. The fraction of sp³-hybridized carbons (Fsp3) is 0.300. The van der Waals surface area contributed by atoms with Gasteiger partial charge >= 0.3 is 0 Å². The first-order chi connectivity index (χ1) is 8.20. The maximum atomic E-state index is 11.8. The fourth-order valence-electron chi connectivity index (χ4n) is 1.42. The topological polar surface area (TPSA) is 80.0 Å². The zero-order chi connectivity index (χ0) is 12.3. The molecular formula is C10H12N4O2S. The summed E-state index contributed by atoms with van der Waals surface area (Å²) in [5.74, 6) is 0.292. The third-order valence-electron chi connectivity index (χ3n) is 2.12. The Morgan fingerprint density at radius 2 is 2.47 bits per heavy atom. The zero-order valence-electron chi connectivity index (χ0n) is 9.25. The van der Waals surface area contributed by atoms with E-state index in [-0.39, 0.29) is 12.5 Å². The first-order valence-electron chi connectivity index (χ1n) is 5.05. The van der Waals surface area contributed by atoms with Crippen LogP contribution >= 0.6 is 11.3 Å². The molecular weight excluding hydrogens is 240 g/mol. The second-order valence-electron chi connectivity index (χ2n) is 3.45. The van der Waals surface area contributed by atoms with Crippen molar-refractivity contribution >= 4 is 23.1 Å². The van der Waals surface area contributed by atoms with Crippen LogP contribution in [0.5, 0.6) is 0 Å². The molecule has 0 fully saturated rings. The number of amides is 1. The molecule has 0 aliphatic heterocycles. The summed E-state index contributed by atoms with van der Waals surface area (Å²) in [7, 11) is 0. The fourth-order valence-corrected chi connectivity index (χ4v) is 1.95. The molecule has 7 heteroatoms. The number of aryl methyl sites for hydroxylation is 1. The van der Waals surface area contributed by atoms with E-state index in [1.807, 2.05) is 6.92 Å². The Hall–Kier alpha value is -1.73. The van der Waals surface area contributed by atoms with Crippen LogP contribution in [0.4, 0.5) is 5.82 Å². The minimum atomic E-state index is -0.273. The van der Waals surface area contributed by atoms with E-state index >= 15 is 0 Å². The van der Waals surface area contributed by atoms with E-state index in [0.29, 0.717) is 18.1 Å². The van der Waals surface area contributed by atoms with Crippen LogP contribution < -0.4 is 5.32 Å². The van der Waals surface area contributed by atoms with E-state index in [1.54, 1.807) is 21.6 Å². The van der Waals surface area contributed by atoms with Crippen LogP contribution in [0.1, 0.15) is 16.2 Å². The molecule has 2 aromatic rings. The number of anilines is 1. The van der Waals surface area contributed by atoms with E-state index in [9.17, 15) is 4.79 Å². The van der Waals surface area contributed by atoms with Crippen LogP contribution in [0.3, 0.4) is 0 Å². The summed E-state index contributed by atoms with van der Waals surface area (Å²) >= 11 is 1.36. The lowest BCUT2D eigenvalue weighted by atomic mass is 10.4. The molecule has 2 rings (SSSR count). The van der Waals surface area contributed by atoms with E-state index in [0.717, 1.165) is 5.69 Å². The molecule has 2 N–H and O–H groups in total. The summed E-state index contributed by atoms with van der Waals surface area (Å²) in [6.07, 6.45) is 0. The van der Waals surface area contributed by atoms with Crippen molar-refractivity contribution < 1.29 is 9.90 Å². The average molecular weight is 252 g/mol. The third kappa shape index (κ3) is 2.69. The Balaban J connectivity index is 2.15. The molecule has 0 bridgehead atoms. The average Bonchev–Trinajstić information content (AvgIpc) is 2.89. The van der Waals surface area contributed by atoms with Crippen molar-refractivity contribution in [3.63, 3.8) is 0 Å². The SMILES string of the molecule is Cc1cc(NC(=O)c2cscn2)n(CCO)n1. The van der Waals surface area contributed by atoms with Gasteiger partial charge in [-0.15, -0.1) is 11.3 Å². The molecule has 17 heavy (non-hydrogen) atoms. The lowest BCUT2D eigenvalue weighted by Gasteiger charge is -2.05. The predicted octanol–water partition coefficient (Wildman–Crippen LogP) is 0.893. The van der Waals surface area contributed by atoms with Gasteiger partial charge in [0.1, 0.15) is 11.5 Å². The highest BCUT2D eigenvalue weighted by molar-refractivity contribution is 7.07. The van der Waals surface area contributed by atoms with Crippen molar-refractivity contribution in [2.75, 3.05) is 11.9 Å². The van der Waals surface area contributed by atoms with Crippen LogP contribution in [0.15, 0.2) is 17.0 Å². The molecule has 0 radical (unpaired) electrons. The number of aliphatic hydroxyl groups excluding tert-OH is 1. The number of thiazole rings is 1. The summed E-state index contributed by atoms with van der Waals surface area (Å²) in [5, 5.41) is 17.4. The van der Waals surface area contributed by atoms with Crippen LogP contribution in [0, 0.1) is 6.92 Å². The molecule has 6 nitrogen and oxygen atoms in total. The lowest BCUT2D eigenvalue weighted by molar-refractivity contribution is 0.102. The number of carbonyl (C=O) groups is 1. The highest BCUT2D eigenvalue weighted by atomic mass is 32.1. The molecule has 0 aromatic carbocycles. The van der Waals surface area contributed by atoms with Gasteiger partial charge in [-0.05, 0) is 6.92 Å². The molecule has 2 heterocycles. The number of nitrogens with one attached hydrogen (secondary N) is 1. The zero-order valence-corrected chi connectivity index (χ0v) is 10.1. The molecule has 0 spiro atoms. The van der Waals surface area contributed by atoms with Crippen molar-refractivity contribution in [3.8, 4) is 0 Å². The van der Waals surface area contributed by atoms with Gasteiger partial charge in [0.15, 0.2) is 0 Å². The van der Waals surface area contributed by atoms with Crippen LogP contribution in [0.2, 0.25) is 0 Å². The third-order valence-corrected chi connectivity index (χ3v) is 2.71. The van der Waals surface area contributed by atoms with Crippen molar-refractivity contribution in [1.29, 1.82) is 0 Å². The minimum absolute atomic E-state index is 0.0271. The van der Waals surface area contributed by atoms with Crippen molar-refractivity contribution in [2.45, 2.75) is 13.5 Å². The van der Waals surface area contributed by atoms with Crippen LogP contribution in [0.25, 0.3) is 0 Å². The first kappa shape index (κ1) is 11.7.